The third kappa shape index (κ3) is 3.65. The van der Waals surface area contributed by atoms with E-state index in [-0.39, 0.29) is 22.5 Å². The molecule has 0 aromatic heterocycles. The second-order valence-electron chi connectivity index (χ2n) is 5.04. The van der Waals surface area contributed by atoms with Gasteiger partial charge in [-0.2, -0.15) is 0 Å². The number of hydrogen-bond acceptors (Lipinski definition) is 3. The van der Waals surface area contributed by atoms with Gasteiger partial charge in [-0.05, 0) is 30.5 Å². The zero-order chi connectivity index (χ0) is 14.8. The Morgan fingerprint density at radius 2 is 1.85 bits per heavy atom. The van der Waals surface area contributed by atoms with Crippen LogP contribution in [0.25, 0.3) is 0 Å². The lowest BCUT2D eigenvalue weighted by Gasteiger charge is -2.23. The summed E-state index contributed by atoms with van der Waals surface area (Å²) in [7, 11) is -3.67. The van der Waals surface area contributed by atoms with Crippen molar-refractivity contribution in [2.45, 2.75) is 49.6 Å². The second-order valence-corrected chi connectivity index (χ2v) is 7.53. The third-order valence-electron chi connectivity index (χ3n) is 3.52. The molecule has 20 heavy (non-hydrogen) atoms. The molecular formula is C13H18Cl2N2O2S. The van der Waals surface area contributed by atoms with Crippen LogP contribution in [-0.2, 0) is 16.6 Å². The maximum absolute atomic E-state index is 12.4. The summed E-state index contributed by atoms with van der Waals surface area (Å²) < 4.78 is 27.6. The van der Waals surface area contributed by atoms with Crippen molar-refractivity contribution in [3.63, 3.8) is 0 Å². The highest BCUT2D eigenvalue weighted by molar-refractivity contribution is 7.89. The van der Waals surface area contributed by atoms with Crippen molar-refractivity contribution in [2.24, 2.45) is 5.73 Å². The maximum Gasteiger partial charge on any atom is 0.242 e. The minimum Gasteiger partial charge on any atom is -0.326 e. The Hall–Kier alpha value is -0.330. The van der Waals surface area contributed by atoms with E-state index in [1.54, 1.807) is 6.07 Å². The zero-order valence-corrected chi connectivity index (χ0v) is 13.4. The first-order valence-electron chi connectivity index (χ1n) is 6.64. The Bertz CT molecular complexity index is 584. The summed E-state index contributed by atoms with van der Waals surface area (Å²) >= 11 is 12.1. The minimum atomic E-state index is -3.67. The van der Waals surface area contributed by atoms with Crippen LogP contribution in [0.5, 0.6) is 0 Å². The van der Waals surface area contributed by atoms with Gasteiger partial charge in [-0.25, -0.2) is 13.1 Å². The van der Waals surface area contributed by atoms with Crippen LogP contribution in [0.2, 0.25) is 10.0 Å². The van der Waals surface area contributed by atoms with Gasteiger partial charge in [0.2, 0.25) is 10.0 Å². The number of benzene rings is 1. The molecule has 112 valence electrons. The summed E-state index contributed by atoms with van der Waals surface area (Å²) in [6.45, 7) is 0.144. The molecule has 0 saturated heterocycles. The van der Waals surface area contributed by atoms with Gasteiger partial charge in [-0.1, -0.05) is 42.5 Å². The topological polar surface area (TPSA) is 72.2 Å². The van der Waals surface area contributed by atoms with E-state index < -0.39 is 10.0 Å². The van der Waals surface area contributed by atoms with Gasteiger partial charge < -0.3 is 5.73 Å². The van der Waals surface area contributed by atoms with Crippen molar-refractivity contribution in [3.8, 4) is 0 Å². The van der Waals surface area contributed by atoms with E-state index in [1.807, 2.05) is 0 Å². The summed E-state index contributed by atoms with van der Waals surface area (Å²) in [6, 6.07) is 2.93. The highest BCUT2D eigenvalue weighted by Crippen LogP contribution is 2.30. The van der Waals surface area contributed by atoms with Gasteiger partial charge in [-0.3, -0.25) is 0 Å². The monoisotopic (exact) mass is 336 g/mol. The number of rotatable bonds is 4. The molecule has 0 bridgehead atoms. The number of sulfonamides is 1. The molecule has 0 spiro atoms. The van der Waals surface area contributed by atoms with Crippen LogP contribution in [0.3, 0.4) is 0 Å². The molecular weight excluding hydrogens is 319 g/mol. The zero-order valence-electron chi connectivity index (χ0n) is 11.0. The molecule has 4 nitrogen and oxygen atoms in total. The molecule has 1 aliphatic rings. The highest BCUT2D eigenvalue weighted by Gasteiger charge is 2.25. The molecule has 0 heterocycles. The van der Waals surface area contributed by atoms with E-state index in [0.29, 0.717) is 10.6 Å². The molecule has 1 aliphatic carbocycles. The SMILES string of the molecule is NCc1cc(Cl)cc(S(=O)(=O)NC2CCCCC2)c1Cl. The summed E-state index contributed by atoms with van der Waals surface area (Å²) in [5.74, 6) is 0. The molecule has 0 unspecified atom stereocenters. The summed E-state index contributed by atoms with van der Waals surface area (Å²) in [5.41, 5.74) is 6.09. The molecule has 0 radical (unpaired) electrons. The van der Waals surface area contributed by atoms with Crippen LogP contribution in [0.1, 0.15) is 37.7 Å². The smallest absolute Gasteiger partial charge is 0.242 e. The average molecular weight is 337 g/mol. The van der Waals surface area contributed by atoms with E-state index >= 15 is 0 Å². The lowest BCUT2D eigenvalue weighted by molar-refractivity contribution is 0.412. The van der Waals surface area contributed by atoms with Crippen molar-refractivity contribution in [1.29, 1.82) is 0 Å². The first kappa shape index (κ1) is 16.0. The molecule has 1 aromatic rings. The van der Waals surface area contributed by atoms with Crippen molar-refractivity contribution in [2.75, 3.05) is 0 Å². The highest BCUT2D eigenvalue weighted by atomic mass is 35.5. The minimum absolute atomic E-state index is 0.0118. The van der Waals surface area contributed by atoms with Gasteiger partial charge in [0, 0.05) is 17.6 Å². The maximum atomic E-state index is 12.4. The molecule has 2 rings (SSSR count). The van der Waals surface area contributed by atoms with Crippen LogP contribution in [0.4, 0.5) is 0 Å². The van der Waals surface area contributed by atoms with Crippen molar-refractivity contribution in [3.05, 3.63) is 27.7 Å². The van der Waals surface area contributed by atoms with Crippen molar-refractivity contribution >= 4 is 33.2 Å². The van der Waals surface area contributed by atoms with E-state index in [2.05, 4.69) is 4.72 Å². The quantitative estimate of drug-likeness (QED) is 0.887. The van der Waals surface area contributed by atoms with E-state index in [4.69, 9.17) is 28.9 Å². The van der Waals surface area contributed by atoms with Gasteiger partial charge >= 0.3 is 0 Å². The molecule has 1 fully saturated rings. The number of halogens is 2. The lowest BCUT2D eigenvalue weighted by Crippen LogP contribution is -2.36. The molecule has 0 aliphatic heterocycles. The molecule has 1 aromatic carbocycles. The summed E-state index contributed by atoms with van der Waals surface area (Å²) in [5, 5.41) is 0.471. The van der Waals surface area contributed by atoms with Crippen molar-refractivity contribution < 1.29 is 8.42 Å². The molecule has 1 saturated carbocycles. The van der Waals surface area contributed by atoms with Crippen LogP contribution in [-0.4, -0.2) is 14.5 Å². The Balaban J connectivity index is 2.31. The lowest BCUT2D eigenvalue weighted by atomic mass is 9.96. The van der Waals surface area contributed by atoms with Crippen LogP contribution < -0.4 is 10.5 Å². The van der Waals surface area contributed by atoms with Gasteiger partial charge in [-0.15, -0.1) is 0 Å². The number of nitrogens with one attached hydrogen (secondary N) is 1. The molecule has 7 heteroatoms. The van der Waals surface area contributed by atoms with E-state index in [9.17, 15) is 8.42 Å². The van der Waals surface area contributed by atoms with Crippen molar-refractivity contribution in [1.82, 2.24) is 4.72 Å². The van der Waals surface area contributed by atoms with Crippen LogP contribution in [0.15, 0.2) is 17.0 Å². The molecule has 0 amide bonds. The fraction of sp³-hybridized carbons (Fsp3) is 0.538. The second kappa shape index (κ2) is 6.62. The first-order valence-corrected chi connectivity index (χ1v) is 8.88. The normalized spacial score (nSPS) is 17.4. The van der Waals surface area contributed by atoms with Crippen LogP contribution in [0, 0.1) is 0 Å². The van der Waals surface area contributed by atoms with Crippen LogP contribution >= 0.6 is 23.2 Å². The molecule has 3 N–H and O–H groups in total. The Labute approximate surface area is 129 Å². The largest absolute Gasteiger partial charge is 0.326 e. The van der Waals surface area contributed by atoms with E-state index in [1.165, 1.54) is 6.07 Å². The number of nitrogens with two attached hydrogens (primary N) is 1. The Morgan fingerprint density at radius 1 is 1.20 bits per heavy atom. The number of hydrogen-bond donors (Lipinski definition) is 2. The fourth-order valence-corrected chi connectivity index (χ4v) is 4.71. The Morgan fingerprint density at radius 3 is 2.45 bits per heavy atom. The molecule has 0 atom stereocenters. The van der Waals surface area contributed by atoms with E-state index in [0.717, 1.165) is 32.1 Å². The summed E-state index contributed by atoms with van der Waals surface area (Å²) in [6.07, 6.45) is 4.98. The van der Waals surface area contributed by atoms with Gasteiger partial charge in [0.1, 0.15) is 4.90 Å². The van der Waals surface area contributed by atoms with Gasteiger partial charge in [0.05, 0.1) is 5.02 Å². The Kier molecular flexibility index (Phi) is 5.31. The predicted octanol–water partition coefficient (Wildman–Crippen LogP) is 3.06. The first-order chi connectivity index (χ1) is 9.44. The van der Waals surface area contributed by atoms with Gasteiger partial charge in [0.25, 0.3) is 0 Å². The third-order valence-corrected chi connectivity index (χ3v) is 5.84. The van der Waals surface area contributed by atoms with Gasteiger partial charge in [0.15, 0.2) is 0 Å². The fourth-order valence-electron chi connectivity index (χ4n) is 2.47. The predicted molar refractivity (Wildman–Crippen MR) is 81.5 cm³/mol. The summed E-state index contributed by atoms with van der Waals surface area (Å²) in [4.78, 5) is 0.0118. The standard InChI is InChI=1S/C13H18Cl2N2O2S/c14-10-6-9(8-16)13(15)12(7-10)20(18,19)17-11-4-2-1-3-5-11/h6-7,11,17H,1-5,8,16H2. The average Bonchev–Trinajstić information content (AvgIpc) is 2.41.